The standard InChI is InChI=1S/C30H36N6O4/c1-20(39-3)28(35-30(38)40-4)29(37)36-15-5-6-25(36)16-32-17-26(31-2)23-11-7-21(8-12-23)22-9-13-24(14-10-22)27-18-33-19-34-27/h7-14,16-20,25,28,31H,5-6,15H2,1-4H3,(H,33,34)(H,35,38)/b26-17-,32-16?. The Morgan fingerprint density at radius 2 is 1.77 bits per heavy atom. The van der Waals surface area contributed by atoms with Crippen molar-refractivity contribution in [2.75, 3.05) is 27.8 Å². The summed E-state index contributed by atoms with van der Waals surface area (Å²) < 4.78 is 10.0. The van der Waals surface area contributed by atoms with Crippen LogP contribution in [-0.4, -0.2) is 79.1 Å². The number of ether oxygens (including phenoxy) is 2. The molecule has 2 heterocycles. The number of aromatic nitrogens is 2. The van der Waals surface area contributed by atoms with Gasteiger partial charge in [0.15, 0.2) is 0 Å². The zero-order valence-electron chi connectivity index (χ0n) is 23.3. The van der Waals surface area contributed by atoms with Gasteiger partial charge in [0.2, 0.25) is 5.91 Å². The second-order valence-corrected chi connectivity index (χ2v) is 9.51. The Morgan fingerprint density at radius 3 is 2.38 bits per heavy atom. The Morgan fingerprint density at radius 1 is 1.10 bits per heavy atom. The molecular weight excluding hydrogens is 508 g/mol. The molecule has 3 atom stereocenters. The van der Waals surface area contributed by atoms with Crippen LogP contribution in [0.3, 0.4) is 0 Å². The van der Waals surface area contributed by atoms with Gasteiger partial charge in [-0.2, -0.15) is 0 Å². The summed E-state index contributed by atoms with van der Waals surface area (Å²) in [7, 11) is 4.62. The lowest BCUT2D eigenvalue weighted by atomic mass is 10.0. The van der Waals surface area contributed by atoms with Gasteiger partial charge in [-0.1, -0.05) is 48.5 Å². The number of amides is 2. The van der Waals surface area contributed by atoms with E-state index in [1.54, 1.807) is 36.8 Å². The number of benzene rings is 2. The van der Waals surface area contributed by atoms with Crippen molar-refractivity contribution in [1.29, 1.82) is 0 Å². The van der Waals surface area contributed by atoms with Gasteiger partial charge >= 0.3 is 6.09 Å². The molecule has 0 bridgehead atoms. The highest BCUT2D eigenvalue weighted by Crippen LogP contribution is 2.25. The number of nitrogens with one attached hydrogen (secondary N) is 3. The number of aromatic amines is 1. The fraction of sp³-hybridized carbons (Fsp3) is 0.333. The first-order valence-electron chi connectivity index (χ1n) is 13.2. The first-order chi connectivity index (χ1) is 19.4. The number of carbonyl (C=O) groups excluding carboxylic acids is 2. The Labute approximate surface area is 234 Å². The number of carbonyl (C=O) groups is 2. The summed E-state index contributed by atoms with van der Waals surface area (Å²) in [5.41, 5.74) is 6.15. The van der Waals surface area contributed by atoms with Crippen LogP contribution in [0.5, 0.6) is 0 Å². The Kier molecular flexibility index (Phi) is 9.69. The summed E-state index contributed by atoms with van der Waals surface area (Å²) in [5.74, 6) is -0.222. The lowest BCUT2D eigenvalue weighted by Crippen LogP contribution is -2.55. The SMILES string of the molecule is CN/C(=C\N=CC1CCCN1C(=O)C(NC(=O)OC)C(C)OC)c1ccc(-c2ccc(-c3cnc[nH]3)cc2)cc1. The molecule has 40 heavy (non-hydrogen) atoms. The topological polar surface area (TPSA) is 121 Å². The minimum atomic E-state index is -0.852. The highest BCUT2D eigenvalue weighted by Gasteiger charge is 2.36. The number of alkyl carbamates (subject to hydrolysis) is 1. The summed E-state index contributed by atoms with van der Waals surface area (Å²) >= 11 is 0. The third kappa shape index (κ3) is 6.76. The maximum absolute atomic E-state index is 13.3. The molecule has 0 aliphatic carbocycles. The van der Waals surface area contributed by atoms with Crippen molar-refractivity contribution in [3.8, 4) is 22.4 Å². The van der Waals surface area contributed by atoms with E-state index in [2.05, 4.69) is 74.1 Å². The largest absolute Gasteiger partial charge is 0.453 e. The van der Waals surface area contributed by atoms with Crippen LogP contribution in [-0.2, 0) is 14.3 Å². The molecule has 1 saturated heterocycles. The van der Waals surface area contributed by atoms with Crippen LogP contribution in [0, 0.1) is 0 Å². The fourth-order valence-corrected chi connectivity index (χ4v) is 4.70. The monoisotopic (exact) mass is 544 g/mol. The minimum Gasteiger partial charge on any atom is -0.453 e. The predicted octanol–water partition coefficient (Wildman–Crippen LogP) is 4.08. The maximum Gasteiger partial charge on any atom is 0.407 e. The summed E-state index contributed by atoms with van der Waals surface area (Å²) in [6, 6.07) is 15.6. The highest BCUT2D eigenvalue weighted by atomic mass is 16.5. The lowest BCUT2D eigenvalue weighted by molar-refractivity contribution is -0.136. The van der Waals surface area contributed by atoms with Crippen LogP contribution < -0.4 is 10.6 Å². The number of H-pyrrole nitrogens is 1. The number of methoxy groups -OCH3 is 2. The van der Waals surface area contributed by atoms with E-state index in [4.69, 9.17) is 9.47 Å². The number of nitrogens with zero attached hydrogens (tertiary/aromatic N) is 3. The first-order valence-corrected chi connectivity index (χ1v) is 13.2. The molecular formula is C30H36N6O4. The second kappa shape index (κ2) is 13.6. The van der Waals surface area contributed by atoms with Crippen LogP contribution in [0.1, 0.15) is 25.3 Å². The zero-order valence-corrected chi connectivity index (χ0v) is 23.3. The number of likely N-dealkylation sites (tertiary alicyclic amines) is 1. The third-order valence-electron chi connectivity index (χ3n) is 7.10. The van der Waals surface area contributed by atoms with E-state index in [1.807, 2.05) is 7.05 Å². The van der Waals surface area contributed by atoms with Crippen LogP contribution in [0.15, 0.2) is 72.2 Å². The predicted molar refractivity (Wildman–Crippen MR) is 156 cm³/mol. The van der Waals surface area contributed by atoms with Gasteiger partial charge in [0.05, 0.1) is 49.4 Å². The molecule has 3 N–H and O–H groups in total. The number of hydrogen-bond donors (Lipinski definition) is 3. The van der Waals surface area contributed by atoms with Crippen molar-refractivity contribution >= 4 is 23.9 Å². The van der Waals surface area contributed by atoms with Gasteiger partial charge in [0.1, 0.15) is 6.04 Å². The van der Waals surface area contributed by atoms with Crippen molar-refractivity contribution in [2.24, 2.45) is 4.99 Å². The fourth-order valence-electron chi connectivity index (χ4n) is 4.70. The molecule has 2 aromatic carbocycles. The van der Waals surface area contributed by atoms with Gasteiger partial charge in [-0.15, -0.1) is 0 Å². The Balaban J connectivity index is 1.43. The number of imidazole rings is 1. The molecule has 1 aromatic heterocycles. The van der Waals surface area contributed by atoms with Crippen LogP contribution in [0.4, 0.5) is 4.79 Å². The smallest absolute Gasteiger partial charge is 0.407 e. The molecule has 4 rings (SSSR count). The molecule has 1 fully saturated rings. The van der Waals surface area contributed by atoms with E-state index in [0.29, 0.717) is 6.54 Å². The second-order valence-electron chi connectivity index (χ2n) is 9.51. The lowest BCUT2D eigenvalue weighted by Gasteiger charge is -2.29. The van der Waals surface area contributed by atoms with Gasteiger partial charge in [-0.3, -0.25) is 9.79 Å². The van der Waals surface area contributed by atoms with Crippen molar-refractivity contribution in [2.45, 2.75) is 38.0 Å². The van der Waals surface area contributed by atoms with Gasteiger partial charge < -0.3 is 30.0 Å². The Hall–Kier alpha value is -4.44. The van der Waals surface area contributed by atoms with E-state index in [0.717, 1.165) is 46.5 Å². The first kappa shape index (κ1) is 28.6. The molecule has 3 aromatic rings. The van der Waals surface area contributed by atoms with E-state index in [-0.39, 0.29) is 11.9 Å². The number of hydrogen-bond acceptors (Lipinski definition) is 7. The molecule has 10 nitrogen and oxygen atoms in total. The normalized spacial score (nSPS) is 17.1. The quantitative estimate of drug-likeness (QED) is 0.331. The summed E-state index contributed by atoms with van der Waals surface area (Å²) in [4.78, 5) is 38.6. The van der Waals surface area contributed by atoms with Gasteiger partial charge in [-0.25, -0.2) is 9.78 Å². The van der Waals surface area contributed by atoms with Crippen molar-refractivity contribution in [3.05, 3.63) is 72.8 Å². The average molecular weight is 545 g/mol. The van der Waals surface area contributed by atoms with Crippen molar-refractivity contribution in [1.82, 2.24) is 25.5 Å². The van der Waals surface area contributed by atoms with Gasteiger partial charge in [-0.05, 0) is 42.0 Å². The Bertz CT molecular complexity index is 1320. The molecule has 3 unspecified atom stereocenters. The molecule has 1 aliphatic heterocycles. The van der Waals surface area contributed by atoms with E-state index in [1.165, 1.54) is 14.2 Å². The number of aliphatic imine (C=N–C) groups is 1. The van der Waals surface area contributed by atoms with E-state index < -0.39 is 18.2 Å². The third-order valence-corrected chi connectivity index (χ3v) is 7.10. The van der Waals surface area contributed by atoms with Crippen LogP contribution in [0.2, 0.25) is 0 Å². The molecule has 0 saturated carbocycles. The molecule has 0 spiro atoms. The zero-order chi connectivity index (χ0) is 28.5. The van der Waals surface area contributed by atoms with Gasteiger partial charge in [0, 0.05) is 26.9 Å². The van der Waals surface area contributed by atoms with E-state index >= 15 is 0 Å². The summed E-state index contributed by atoms with van der Waals surface area (Å²) in [6.07, 6.45) is 7.47. The van der Waals surface area contributed by atoms with Crippen LogP contribution in [0.25, 0.3) is 28.1 Å². The van der Waals surface area contributed by atoms with Crippen molar-refractivity contribution in [3.63, 3.8) is 0 Å². The maximum atomic E-state index is 13.3. The molecule has 1 aliphatic rings. The average Bonchev–Trinajstić information content (AvgIpc) is 3.70. The molecule has 10 heteroatoms. The minimum absolute atomic E-state index is 0.181. The molecule has 210 valence electrons. The number of rotatable bonds is 10. The van der Waals surface area contributed by atoms with Crippen LogP contribution >= 0.6 is 0 Å². The van der Waals surface area contributed by atoms with Gasteiger partial charge in [0.25, 0.3) is 0 Å². The summed E-state index contributed by atoms with van der Waals surface area (Å²) in [5, 5.41) is 5.81. The molecule has 0 radical (unpaired) electrons. The highest BCUT2D eigenvalue weighted by molar-refractivity contribution is 5.89. The van der Waals surface area contributed by atoms with E-state index in [9.17, 15) is 9.59 Å². The van der Waals surface area contributed by atoms with Crippen molar-refractivity contribution < 1.29 is 19.1 Å². The molecule has 2 amide bonds. The summed E-state index contributed by atoms with van der Waals surface area (Å²) in [6.45, 7) is 2.32.